The van der Waals surface area contributed by atoms with Crippen molar-refractivity contribution in [2.75, 3.05) is 67.2 Å². The predicted octanol–water partition coefficient (Wildman–Crippen LogP) is 2.56. The van der Waals surface area contributed by atoms with E-state index in [0.29, 0.717) is 0 Å². The molecule has 0 N–H and O–H groups in total. The van der Waals surface area contributed by atoms with Crippen LogP contribution in [0.15, 0.2) is 30.3 Å². The normalized spacial score (nSPS) is 18.1. The minimum Gasteiger partial charge on any atom is -0.378 e. The van der Waals surface area contributed by atoms with E-state index in [9.17, 15) is 0 Å². The second-order valence-corrected chi connectivity index (χ2v) is 8.18. The van der Waals surface area contributed by atoms with Gasteiger partial charge in [-0.25, -0.2) is 15.0 Å². The van der Waals surface area contributed by atoms with Crippen LogP contribution >= 0.6 is 11.3 Å². The number of para-hydroxylation sites is 1. The van der Waals surface area contributed by atoms with Crippen molar-refractivity contribution in [2.24, 2.45) is 0 Å². The molecule has 2 fully saturated rings. The van der Waals surface area contributed by atoms with Gasteiger partial charge in [-0.15, -0.1) is 0 Å². The van der Waals surface area contributed by atoms with Crippen molar-refractivity contribution in [3.05, 3.63) is 36.2 Å². The zero-order valence-corrected chi connectivity index (χ0v) is 16.9. The molecular weight excluding hydrogens is 372 g/mol. The van der Waals surface area contributed by atoms with Gasteiger partial charge in [-0.05, 0) is 19.1 Å². The van der Waals surface area contributed by atoms with Gasteiger partial charge in [0.2, 0.25) is 0 Å². The molecule has 0 saturated carbocycles. The molecular formula is C20H24N6OS. The zero-order chi connectivity index (χ0) is 18.9. The van der Waals surface area contributed by atoms with Crippen LogP contribution in [-0.4, -0.2) is 67.4 Å². The first-order chi connectivity index (χ1) is 13.8. The average Bonchev–Trinajstić information content (AvgIpc) is 3.18. The van der Waals surface area contributed by atoms with E-state index in [1.165, 1.54) is 4.70 Å². The highest BCUT2D eigenvalue weighted by atomic mass is 32.1. The molecule has 0 atom stereocenters. The van der Waals surface area contributed by atoms with Crippen molar-refractivity contribution in [3.8, 4) is 0 Å². The molecule has 5 rings (SSSR count). The molecule has 1 aromatic carbocycles. The number of piperazine rings is 1. The van der Waals surface area contributed by atoms with E-state index in [-0.39, 0.29) is 0 Å². The van der Waals surface area contributed by atoms with Gasteiger partial charge in [-0.2, -0.15) is 0 Å². The maximum absolute atomic E-state index is 5.47. The Morgan fingerprint density at radius 2 is 1.46 bits per heavy atom. The first-order valence-electron chi connectivity index (χ1n) is 9.80. The van der Waals surface area contributed by atoms with Crippen LogP contribution in [0, 0.1) is 6.92 Å². The third kappa shape index (κ3) is 3.49. The van der Waals surface area contributed by atoms with Gasteiger partial charge in [0, 0.05) is 45.3 Å². The summed E-state index contributed by atoms with van der Waals surface area (Å²) < 4.78 is 6.72. The van der Waals surface area contributed by atoms with E-state index in [2.05, 4.69) is 43.9 Å². The lowest BCUT2D eigenvalue weighted by Crippen LogP contribution is -2.47. The van der Waals surface area contributed by atoms with Crippen LogP contribution in [0.4, 0.5) is 16.8 Å². The number of ether oxygens (including phenoxy) is 1. The second kappa shape index (κ2) is 7.52. The summed E-state index contributed by atoms with van der Waals surface area (Å²) in [6.07, 6.45) is 0. The van der Waals surface area contributed by atoms with E-state index in [1.54, 1.807) is 11.3 Å². The second-order valence-electron chi connectivity index (χ2n) is 7.17. The van der Waals surface area contributed by atoms with Gasteiger partial charge >= 0.3 is 0 Å². The standard InChI is InChI=1S/C20H24N6OS/c1-15-21-18(14-19(22-15)25-10-12-27-13-11-25)24-6-8-26(9-7-24)20-23-16-4-2-3-5-17(16)28-20/h2-5,14H,6-13H2,1H3. The summed E-state index contributed by atoms with van der Waals surface area (Å²) in [5.74, 6) is 2.87. The fraction of sp³-hybridized carbons (Fsp3) is 0.450. The Morgan fingerprint density at radius 1 is 0.821 bits per heavy atom. The van der Waals surface area contributed by atoms with Crippen molar-refractivity contribution in [3.63, 3.8) is 0 Å². The van der Waals surface area contributed by atoms with Gasteiger partial charge in [0.1, 0.15) is 17.5 Å². The van der Waals surface area contributed by atoms with Crippen LogP contribution in [0.5, 0.6) is 0 Å². The molecule has 2 saturated heterocycles. The molecule has 0 spiro atoms. The quantitative estimate of drug-likeness (QED) is 0.674. The maximum Gasteiger partial charge on any atom is 0.186 e. The van der Waals surface area contributed by atoms with Gasteiger partial charge in [-0.3, -0.25) is 0 Å². The number of rotatable bonds is 3. The van der Waals surface area contributed by atoms with Crippen molar-refractivity contribution in [2.45, 2.75) is 6.92 Å². The Labute approximate surface area is 168 Å². The molecule has 28 heavy (non-hydrogen) atoms. The summed E-state index contributed by atoms with van der Waals surface area (Å²) in [6.45, 7) is 9.07. The van der Waals surface area contributed by atoms with Crippen LogP contribution in [0.25, 0.3) is 10.2 Å². The van der Waals surface area contributed by atoms with E-state index in [4.69, 9.17) is 14.7 Å². The monoisotopic (exact) mass is 396 g/mol. The Kier molecular flexibility index (Phi) is 4.74. The Hall–Kier alpha value is -2.45. The topological polar surface area (TPSA) is 57.6 Å². The fourth-order valence-electron chi connectivity index (χ4n) is 3.78. The largest absolute Gasteiger partial charge is 0.378 e. The number of benzene rings is 1. The molecule has 8 heteroatoms. The van der Waals surface area contributed by atoms with Gasteiger partial charge < -0.3 is 19.4 Å². The third-order valence-electron chi connectivity index (χ3n) is 5.30. The van der Waals surface area contributed by atoms with E-state index >= 15 is 0 Å². The number of fused-ring (bicyclic) bond motifs is 1. The number of hydrogen-bond donors (Lipinski definition) is 0. The molecule has 4 heterocycles. The van der Waals surface area contributed by atoms with Crippen LogP contribution in [0.2, 0.25) is 0 Å². The molecule has 2 aliphatic heterocycles. The smallest absolute Gasteiger partial charge is 0.186 e. The lowest BCUT2D eigenvalue weighted by atomic mass is 10.3. The molecule has 2 aromatic heterocycles. The number of hydrogen-bond acceptors (Lipinski definition) is 8. The lowest BCUT2D eigenvalue weighted by molar-refractivity contribution is 0.122. The van der Waals surface area contributed by atoms with Crippen molar-refractivity contribution in [1.82, 2.24) is 15.0 Å². The number of morpholine rings is 1. The number of aryl methyl sites for hydroxylation is 1. The number of nitrogens with zero attached hydrogens (tertiary/aromatic N) is 6. The number of thiazole rings is 1. The van der Waals surface area contributed by atoms with Gasteiger partial charge in [0.25, 0.3) is 0 Å². The zero-order valence-electron chi connectivity index (χ0n) is 16.0. The molecule has 7 nitrogen and oxygen atoms in total. The van der Waals surface area contributed by atoms with Gasteiger partial charge in [0.05, 0.1) is 23.4 Å². The van der Waals surface area contributed by atoms with Crippen LogP contribution in [0.3, 0.4) is 0 Å². The molecule has 0 amide bonds. The molecule has 0 unspecified atom stereocenters. The number of anilines is 3. The molecule has 3 aromatic rings. The Bertz CT molecular complexity index is 929. The molecule has 2 aliphatic rings. The highest BCUT2D eigenvalue weighted by molar-refractivity contribution is 7.22. The first kappa shape index (κ1) is 17.6. The van der Waals surface area contributed by atoms with Crippen LogP contribution in [0.1, 0.15) is 5.82 Å². The van der Waals surface area contributed by atoms with E-state index < -0.39 is 0 Å². The summed E-state index contributed by atoms with van der Waals surface area (Å²) in [7, 11) is 0. The minimum absolute atomic E-state index is 0.763. The Balaban J connectivity index is 1.30. The lowest BCUT2D eigenvalue weighted by Gasteiger charge is -2.36. The third-order valence-corrected chi connectivity index (χ3v) is 6.40. The fourth-order valence-corrected chi connectivity index (χ4v) is 4.79. The highest BCUT2D eigenvalue weighted by Gasteiger charge is 2.22. The molecule has 146 valence electrons. The summed E-state index contributed by atoms with van der Waals surface area (Å²) >= 11 is 1.78. The first-order valence-corrected chi connectivity index (χ1v) is 10.6. The molecule has 0 bridgehead atoms. The van der Waals surface area contributed by atoms with E-state index in [1.807, 2.05) is 13.0 Å². The Morgan fingerprint density at radius 3 is 2.18 bits per heavy atom. The SMILES string of the molecule is Cc1nc(N2CCOCC2)cc(N2CCN(c3nc4ccccc4s3)CC2)n1. The van der Waals surface area contributed by atoms with E-state index in [0.717, 1.165) is 80.6 Å². The summed E-state index contributed by atoms with van der Waals surface area (Å²) in [5.41, 5.74) is 1.09. The van der Waals surface area contributed by atoms with Crippen molar-refractivity contribution < 1.29 is 4.74 Å². The van der Waals surface area contributed by atoms with Crippen LogP contribution in [-0.2, 0) is 4.74 Å². The van der Waals surface area contributed by atoms with Crippen molar-refractivity contribution >= 4 is 38.3 Å². The highest BCUT2D eigenvalue weighted by Crippen LogP contribution is 2.30. The molecule has 0 aliphatic carbocycles. The minimum atomic E-state index is 0.763. The molecule has 0 radical (unpaired) electrons. The average molecular weight is 397 g/mol. The maximum atomic E-state index is 5.47. The van der Waals surface area contributed by atoms with Crippen LogP contribution < -0.4 is 14.7 Å². The van der Waals surface area contributed by atoms with Gasteiger partial charge in [0.15, 0.2) is 5.13 Å². The summed E-state index contributed by atoms with van der Waals surface area (Å²) in [6, 6.07) is 10.5. The summed E-state index contributed by atoms with van der Waals surface area (Å²) in [4.78, 5) is 21.2. The predicted molar refractivity (Wildman–Crippen MR) is 114 cm³/mol. The summed E-state index contributed by atoms with van der Waals surface area (Å²) in [5, 5.41) is 1.12. The number of aromatic nitrogens is 3. The van der Waals surface area contributed by atoms with Crippen molar-refractivity contribution in [1.29, 1.82) is 0 Å². The van der Waals surface area contributed by atoms with Gasteiger partial charge in [-0.1, -0.05) is 23.5 Å².